The van der Waals surface area contributed by atoms with Crippen LogP contribution in [-0.4, -0.2) is 25.1 Å². The van der Waals surface area contributed by atoms with Crippen LogP contribution >= 0.6 is 0 Å². The molecule has 6 heteroatoms. The van der Waals surface area contributed by atoms with Crippen molar-refractivity contribution in [2.24, 2.45) is 0 Å². The van der Waals surface area contributed by atoms with Crippen molar-refractivity contribution in [1.29, 1.82) is 0 Å². The maximum atomic E-state index is 4.75. The fraction of sp³-hybridized carbons (Fsp3) is 0. The molecule has 0 aliphatic carbocycles. The van der Waals surface area contributed by atoms with Gasteiger partial charge in [-0.2, -0.15) is 0 Å². The Balaban J connectivity index is 2.36. The highest BCUT2D eigenvalue weighted by Crippen LogP contribution is 2.21. The summed E-state index contributed by atoms with van der Waals surface area (Å²) in [7, 11) is 0. The lowest BCUT2D eigenvalue weighted by Gasteiger charge is -1.94. The third-order valence-electron chi connectivity index (χ3n) is 1.93. The van der Waals surface area contributed by atoms with Crippen LogP contribution in [0, 0.1) is 0 Å². The molecule has 0 aromatic carbocycles. The van der Waals surface area contributed by atoms with Crippen LogP contribution in [0.1, 0.15) is 0 Å². The number of rotatable bonds is 1. The van der Waals surface area contributed by atoms with Gasteiger partial charge in [0.1, 0.15) is 23.8 Å². The molecule has 6 nitrogen and oxygen atoms in total. The van der Waals surface area contributed by atoms with Crippen LogP contribution in [0.25, 0.3) is 22.4 Å². The summed E-state index contributed by atoms with van der Waals surface area (Å²) >= 11 is 0. The van der Waals surface area contributed by atoms with E-state index >= 15 is 0 Å². The summed E-state index contributed by atoms with van der Waals surface area (Å²) in [5, 5.41) is 3.62. The molecule has 0 radical (unpaired) electrons. The van der Waals surface area contributed by atoms with E-state index in [1.165, 1.54) is 12.6 Å². The lowest BCUT2D eigenvalue weighted by molar-refractivity contribution is 0.420. The Morgan fingerprint density at radius 1 is 1.21 bits per heavy atom. The minimum Gasteiger partial charge on any atom is -0.364 e. The van der Waals surface area contributed by atoms with Crippen molar-refractivity contribution >= 4 is 11.2 Å². The van der Waals surface area contributed by atoms with Gasteiger partial charge in [-0.1, -0.05) is 5.16 Å². The molecule has 0 spiro atoms. The minimum absolute atomic E-state index is 0.635. The second kappa shape index (κ2) is 2.63. The molecule has 3 aromatic rings. The van der Waals surface area contributed by atoms with Gasteiger partial charge in [0.2, 0.25) is 0 Å². The van der Waals surface area contributed by atoms with Crippen molar-refractivity contribution < 1.29 is 4.52 Å². The van der Waals surface area contributed by atoms with E-state index in [0.29, 0.717) is 5.65 Å². The molecular formula is C8H5N5O. The number of nitrogens with one attached hydrogen (secondary N) is 1. The molecule has 68 valence electrons. The maximum absolute atomic E-state index is 4.75. The normalized spacial score (nSPS) is 10.9. The summed E-state index contributed by atoms with van der Waals surface area (Å²) in [5.41, 5.74) is 2.97. The Kier molecular flexibility index (Phi) is 1.35. The molecule has 0 saturated carbocycles. The molecule has 0 fully saturated rings. The van der Waals surface area contributed by atoms with E-state index in [2.05, 4.69) is 25.1 Å². The summed E-state index contributed by atoms with van der Waals surface area (Å²) in [6.45, 7) is 0. The molecule has 3 heterocycles. The van der Waals surface area contributed by atoms with Gasteiger partial charge in [-0.25, -0.2) is 15.0 Å². The highest BCUT2D eigenvalue weighted by molar-refractivity contribution is 5.85. The van der Waals surface area contributed by atoms with Gasteiger partial charge in [0.15, 0.2) is 5.65 Å². The zero-order valence-electron chi connectivity index (χ0n) is 7.01. The maximum Gasteiger partial charge on any atom is 0.181 e. The van der Waals surface area contributed by atoms with Crippen molar-refractivity contribution in [3.05, 3.63) is 25.1 Å². The number of imidazole rings is 1. The Bertz CT molecular complexity index is 556. The molecule has 0 amide bonds. The minimum atomic E-state index is 0.635. The number of aromatic nitrogens is 5. The SMILES string of the molecule is c1nc(-c2cnoc2)c2[nH]cnc2n1. The molecule has 3 rings (SSSR count). The van der Waals surface area contributed by atoms with E-state index in [-0.39, 0.29) is 0 Å². The van der Waals surface area contributed by atoms with Crippen LogP contribution < -0.4 is 0 Å². The first-order valence-corrected chi connectivity index (χ1v) is 3.99. The highest BCUT2D eigenvalue weighted by atomic mass is 16.5. The molecule has 0 bridgehead atoms. The average Bonchev–Trinajstić information content (AvgIpc) is 2.88. The number of hydrogen-bond acceptors (Lipinski definition) is 5. The Hall–Kier alpha value is -2.24. The van der Waals surface area contributed by atoms with Gasteiger partial charge < -0.3 is 9.51 Å². The molecule has 0 atom stereocenters. The monoisotopic (exact) mass is 187 g/mol. The molecule has 3 aromatic heterocycles. The summed E-state index contributed by atoms with van der Waals surface area (Å²) in [6, 6.07) is 0. The number of hydrogen-bond donors (Lipinski definition) is 1. The van der Waals surface area contributed by atoms with Crippen molar-refractivity contribution in [3.63, 3.8) is 0 Å². The third kappa shape index (κ3) is 0.905. The quantitative estimate of drug-likeness (QED) is 0.614. The Labute approximate surface area is 78.0 Å². The molecule has 0 unspecified atom stereocenters. The summed E-state index contributed by atoms with van der Waals surface area (Å²) in [6.07, 6.45) is 6.17. The number of nitrogens with zero attached hydrogens (tertiary/aromatic N) is 4. The van der Waals surface area contributed by atoms with E-state index in [1.54, 1.807) is 12.5 Å². The van der Waals surface area contributed by atoms with Crippen LogP contribution in [0.4, 0.5) is 0 Å². The van der Waals surface area contributed by atoms with E-state index < -0.39 is 0 Å². The van der Waals surface area contributed by atoms with Gasteiger partial charge in [0.25, 0.3) is 0 Å². The average molecular weight is 187 g/mol. The fourth-order valence-electron chi connectivity index (χ4n) is 1.31. The van der Waals surface area contributed by atoms with E-state index in [9.17, 15) is 0 Å². The predicted molar refractivity (Wildman–Crippen MR) is 47.2 cm³/mol. The van der Waals surface area contributed by atoms with E-state index in [0.717, 1.165) is 16.8 Å². The van der Waals surface area contributed by atoms with Crippen LogP contribution in [-0.2, 0) is 0 Å². The third-order valence-corrected chi connectivity index (χ3v) is 1.93. The molecule has 14 heavy (non-hydrogen) atoms. The first kappa shape index (κ1) is 7.19. The van der Waals surface area contributed by atoms with Gasteiger partial charge in [0, 0.05) is 0 Å². The lowest BCUT2D eigenvalue weighted by Crippen LogP contribution is -1.86. The molecule has 1 N–H and O–H groups in total. The first-order chi connectivity index (χ1) is 6.95. The topological polar surface area (TPSA) is 80.5 Å². The fourth-order valence-corrected chi connectivity index (χ4v) is 1.31. The van der Waals surface area contributed by atoms with E-state index in [1.807, 2.05) is 0 Å². The summed E-state index contributed by atoms with van der Waals surface area (Å²) in [4.78, 5) is 15.1. The lowest BCUT2D eigenvalue weighted by atomic mass is 10.2. The number of aromatic amines is 1. The second-order valence-corrected chi connectivity index (χ2v) is 2.74. The van der Waals surface area contributed by atoms with E-state index in [4.69, 9.17) is 4.52 Å². The van der Waals surface area contributed by atoms with Gasteiger partial charge in [-0.15, -0.1) is 0 Å². The molecule has 0 aliphatic heterocycles. The van der Waals surface area contributed by atoms with Crippen LogP contribution in [0.2, 0.25) is 0 Å². The van der Waals surface area contributed by atoms with Gasteiger partial charge in [0.05, 0.1) is 18.1 Å². The van der Waals surface area contributed by atoms with Gasteiger partial charge in [-0.05, 0) is 0 Å². The second-order valence-electron chi connectivity index (χ2n) is 2.74. The van der Waals surface area contributed by atoms with Crippen molar-refractivity contribution in [2.45, 2.75) is 0 Å². The zero-order chi connectivity index (χ0) is 9.38. The molecule has 0 saturated heterocycles. The Morgan fingerprint density at radius 2 is 2.21 bits per heavy atom. The highest BCUT2D eigenvalue weighted by Gasteiger charge is 2.09. The van der Waals surface area contributed by atoms with Crippen molar-refractivity contribution in [3.8, 4) is 11.3 Å². The van der Waals surface area contributed by atoms with Crippen LogP contribution in [0.3, 0.4) is 0 Å². The summed E-state index contributed by atoms with van der Waals surface area (Å²) in [5.74, 6) is 0. The van der Waals surface area contributed by atoms with Gasteiger partial charge >= 0.3 is 0 Å². The van der Waals surface area contributed by atoms with Crippen molar-refractivity contribution in [1.82, 2.24) is 25.1 Å². The number of H-pyrrole nitrogens is 1. The number of fused-ring (bicyclic) bond motifs is 1. The molecule has 0 aliphatic rings. The predicted octanol–water partition coefficient (Wildman–Crippen LogP) is 1.01. The zero-order valence-corrected chi connectivity index (χ0v) is 7.01. The van der Waals surface area contributed by atoms with Gasteiger partial charge in [-0.3, -0.25) is 0 Å². The van der Waals surface area contributed by atoms with Crippen LogP contribution in [0.15, 0.2) is 29.6 Å². The largest absolute Gasteiger partial charge is 0.364 e. The smallest absolute Gasteiger partial charge is 0.181 e. The Morgan fingerprint density at radius 3 is 3.07 bits per heavy atom. The molecular weight excluding hydrogens is 182 g/mol. The van der Waals surface area contributed by atoms with Crippen LogP contribution in [0.5, 0.6) is 0 Å². The summed E-state index contributed by atoms with van der Waals surface area (Å²) < 4.78 is 4.75. The first-order valence-electron chi connectivity index (χ1n) is 3.99. The van der Waals surface area contributed by atoms with Crippen molar-refractivity contribution in [2.75, 3.05) is 0 Å². The standard InChI is InChI=1S/C8H5N5O/c1-5(2-14-13-1)6-7-8(11-3-9-6)12-4-10-7/h1-4H,(H,9,10,11,12).